The van der Waals surface area contributed by atoms with Gasteiger partial charge in [0.15, 0.2) is 0 Å². The third-order valence-corrected chi connectivity index (χ3v) is 5.40. The molecule has 0 spiro atoms. The zero-order chi connectivity index (χ0) is 18.2. The molecule has 0 aliphatic rings. The van der Waals surface area contributed by atoms with Gasteiger partial charge in [0.25, 0.3) is 0 Å². The second-order valence-electron chi connectivity index (χ2n) is 6.05. The van der Waals surface area contributed by atoms with Crippen LogP contribution < -0.4 is 9.47 Å². The number of benzene rings is 2. The molecule has 25 heavy (non-hydrogen) atoms. The van der Waals surface area contributed by atoms with E-state index in [2.05, 4.69) is 0 Å². The first-order valence-corrected chi connectivity index (χ1v) is 9.88. The van der Waals surface area contributed by atoms with Gasteiger partial charge in [0.05, 0.1) is 20.4 Å². The first kappa shape index (κ1) is 17.8. The Bertz CT molecular complexity index is 898. The number of nitrogens with zero attached hydrogens (tertiary/aromatic N) is 1. The van der Waals surface area contributed by atoms with Gasteiger partial charge < -0.3 is 23.8 Å². The van der Waals surface area contributed by atoms with Crippen LogP contribution in [-0.2, 0) is 4.57 Å². The normalized spacial score (nSPS) is 13.3. The van der Waals surface area contributed by atoms with Crippen LogP contribution in [0.4, 0.5) is 0 Å². The minimum atomic E-state index is -4.14. The Morgan fingerprint density at radius 3 is 1.84 bits per heavy atom. The van der Waals surface area contributed by atoms with Gasteiger partial charge in [-0.05, 0) is 42.8 Å². The smallest absolute Gasteiger partial charge is 0.327 e. The SMILES string of the molecule is CCC(CP(=O)(O)O)n1c2ccc(OC)cc2c2cc(OC)ccc21. The number of hydrogen-bond donors (Lipinski definition) is 2. The summed E-state index contributed by atoms with van der Waals surface area (Å²) in [7, 11) is -0.907. The Balaban J connectivity index is 2.33. The van der Waals surface area contributed by atoms with E-state index in [1.807, 2.05) is 47.9 Å². The van der Waals surface area contributed by atoms with E-state index < -0.39 is 7.60 Å². The summed E-state index contributed by atoms with van der Waals surface area (Å²) in [4.78, 5) is 19.0. The van der Waals surface area contributed by atoms with Crippen LogP contribution in [0.2, 0.25) is 0 Å². The van der Waals surface area contributed by atoms with Crippen LogP contribution >= 0.6 is 7.60 Å². The zero-order valence-corrected chi connectivity index (χ0v) is 15.4. The van der Waals surface area contributed by atoms with Gasteiger partial charge in [-0.25, -0.2) is 0 Å². The molecule has 1 heterocycles. The lowest BCUT2D eigenvalue weighted by molar-refractivity contribution is 0.360. The van der Waals surface area contributed by atoms with Crippen LogP contribution in [0.15, 0.2) is 36.4 Å². The summed E-state index contributed by atoms with van der Waals surface area (Å²) < 4.78 is 24.3. The molecular formula is C18H22NO5P. The molecule has 1 unspecified atom stereocenters. The summed E-state index contributed by atoms with van der Waals surface area (Å²) in [6, 6.07) is 11.2. The van der Waals surface area contributed by atoms with E-state index in [1.165, 1.54) is 0 Å². The summed E-state index contributed by atoms with van der Waals surface area (Å²) in [5.41, 5.74) is 1.84. The van der Waals surface area contributed by atoms with Gasteiger partial charge in [-0.3, -0.25) is 4.57 Å². The fourth-order valence-electron chi connectivity index (χ4n) is 3.33. The number of ether oxygens (including phenoxy) is 2. The standard InChI is InChI=1S/C18H22NO5P/c1-4-12(11-25(20,21)22)19-17-7-5-13(23-2)9-15(17)16-10-14(24-3)6-8-18(16)19/h5-10,12H,4,11H2,1-3H3,(H2,20,21,22). The molecule has 0 aliphatic carbocycles. The number of hydrogen-bond acceptors (Lipinski definition) is 3. The van der Waals surface area contributed by atoms with Crippen molar-refractivity contribution in [2.75, 3.05) is 20.4 Å². The molecule has 0 radical (unpaired) electrons. The molecule has 134 valence electrons. The summed E-state index contributed by atoms with van der Waals surface area (Å²) in [6.07, 6.45) is 0.419. The van der Waals surface area contributed by atoms with E-state index >= 15 is 0 Å². The van der Waals surface area contributed by atoms with Crippen molar-refractivity contribution >= 4 is 29.4 Å². The molecule has 3 rings (SSSR count). The second-order valence-corrected chi connectivity index (χ2v) is 7.74. The summed E-state index contributed by atoms with van der Waals surface area (Å²) in [6.45, 7) is 1.94. The highest BCUT2D eigenvalue weighted by Crippen LogP contribution is 2.43. The predicted octanol–water partition coefficient (Wildman–Crippen LogP) is 3.94. The zero-order valence-electron chi connectivity index (χ0n) is 14.5. The molecule has 2 N–H and O–H groups in total. The van der Waals surface area contributed by atoms with Crippen molar-refractivity contribution in [3.63, 3.8) is 0 Å². The van der Waals surface area contributed by atoms with Crippen molar-refractivity contribution in [3.05, 3.63) is 36.4 Å². The average molecular weight is 363 g/mol. The Morgan fingerprint density at radius 2 is 1.48 bits per heavy atom. The van der Waals surface area contributed by atoms with E-state index in [-0.39, 0.29) is 12.2 Å². The molecule has 6 nitrogen and oxygen atoms in total. The van der Waals surface area contributed by atoms with Crippen LogP contribution in [0.1, 0.15) is 19.4 Å². The lowest BCUT2D eigenvalue weighted by Gasteiger charge is -2.20. The van der Waals surface area contributed by atoms with Crippen LogP contribution in [0, 0.1) is 0 Å². The van der Waals surface area contributed by atoms with E-state index in [0.29, 0.717) is 6.42 Å². The lowest BCUT2D eigenvalue weighted by Crippen LogP contribution is -2.12. The minimum absolute atomic E-state index is 0.194. The topological polar surface area (TPSA) is 80.9 Å². The van der Waals surface area contributed by atoms with Crippen molar-refractivity contribution in [2.45, 2.75) is 19.4 Å². The lowest BCUT2D eigenvalue weighted by atomic mass is 10.1. The molecule has 0 aliphatic heterocycles. The molecular weight excluding hydrogens is 341 g/mol. The summed E-state index contributed by atoms with van der Waals surface area (Å²) >= 11 is 0. The predicted molar refractivity (Wildman–Crippen MR) is 98.8 cm³/mol. The molecule has 3 aromatic rings. The largest absolute Gasteiger partial charge is 0.497 e. The van der Waals surface area contributed by atoms with Crippen LogP contribution in [0.3, 0.4) is 0 Å². The molecule has 1 atom stereocenters. The van der Waals surface area contributed by atoms with Crippen molar-refractivity contribution in [1.82, 2.24) is 4.57 Å². The maximum absolute atomic E-state index is 11.6. The quantitative estimate of drug-likeness (QED) is 0.649. The minimum Gasteiger partial charge on any atom is -0.497 e. The molecule has 0 amide bonds. The Kier molecular flexibility index (Phi) is 4.78. The van der Waals surface area contributed by atoms with Crippen molar-refractivity contribution in [1.29, 1.82) is 0 Å². The maximum atomic E-state index is 11.6. The summed E-state index contributed by atoms with van der Waals surface area (Å²) in [5, 5.41) is 1.94. The van der Waals surface area contributed by atoms with Crippen molar-refractivity contribution < 1.29 is 23.8 Å². The van der Waals surface area contributed by atoms with Crippen molar-refractivity contribution in [3.8, 4) is 11.5 Å². The average Bonchev–Trinajstić information content (AvgIpc) is 2.91. The van der Waals surface area contributed by atoms with Crippen LogP contribution in [0.5, 0.6) is 11.5 Å². The van der Waals surface area contributed by atoms with E-state index in [1.54, 1.807) is 14.2 Å². The third kappa shape index (κ3) is 3.38. The van der Waals surface area contributed by atoms with E-state index in [4.69, 9.17) is 9.47 Å². The highest BCUT2D eigenvalue weighted by atomic mass is 31.2. The number of rotatable bonds is 6. The highest BCUT2D eigenvalue weighted by Gasteiger charge is 2.25. The van der Waals surface area contributed by atoms with Crippen molar-refractivity contribution in [2.24, 2.45) is 0 Å². The molecule has 0 saturated carbocycles. The molecule has 2 aromatic carbocycles. The summed E-state index contributed by atoms with van der Waals surface area (Å²) in [5.74, 6) is 1.47. The molecule has 0 fully saturated rings. The van der Waals surface area contributed by atoms with Gasteiger partial charge in [-0.1, -0.05) is 6.92 Å². The highest BCUT2D eigenvalue weighted by molar-refractivity contribution is 7.51. The number of aromatic nitrogens is 1. The van der Waals surface area contributed by atoms with Gasteiger partial charge in [0, 0.05) is 27.8 Å². The van der Waals surface area contributed by atoms with Crippen LogP contribution in [0.25, 0.3) is 21.8 Å². The van der Waals surface area contributed by atoms with Gasteiger partial charge in [-0.15, -0.1) is 0 Å². The first-order valence-electron chi connectivity index (χ1n) is 8.08. The molecule has 7 heteroatoms. The Hall–Kier alpha value is -2.01. The van der Waals surface area contributed by atoms with Gasteiger partial charge in [-0.2, -0.15) is 0 Å². The number of fused-ring (bicyclic) bond motifs is 3. The van der Waals surface area contributed by atoms with Gasteiger partial charge in [0.2, 0.25) is 0 Å². The van der Waals surface area contributed by atoms with Crippen LogP contribution in [-0.4, -0.2) is 34.7 Å². The fraction of sp³-hybridized carbons (Fsp3) is 0.333. The Morgan fingerprint density at radius 1 is 1.00 bits per heavy atom. The van der Waals surface area contributed by atoms with E-state index in [0.717, 1.165) is 33.3 Å². The van der Waals surface area contributed by atoms with E-state index in [9.17, 15) is 14.4 Å². The Labute approximate surface area is 146 Å². The second kappa shape index (κ2) is 6.71. The molecule has 1 aromatic heterocycles. The first-order chi connectivity index (χ1) is 11.9. The molecule has 0 saturated heterocycles. The third-order valence-electron chi connectivity index (χ3n) is 4.50. The van der Waals surface area contributed by atoms with Gasteiger partial charge >= 0.3 is 7.60 Å². The van der Waals surface area contributed by atoms with Gasteiger partial charge in [0.1, 0.15) is 11.5 Å². The molecule has 0 bridgehead atoms. The monoisotopic (exact) mass is 363 g/mol. The number of methoxy groups -OCH3 is 2. The fourth-order valence-corrected chi connectivity index (χ4v) is 4.30. The maximum Gasteiger partial charge on any atom is 0.327 e.